The molecule has 2 aromatic carbocycles. The van der Waals surface area contributed by atoms with Crippen molar-refractivity contribution in [2.75, 3.05) is 24.2 Å². The molecule has 10 nitrogen and oxygen atoms in total. The number of hydrogen-bond donors (Lipinski definition) is 3. The average Bonchev–Trinajstić information content (AvgIpc) is 3.12. The van der Waals surface area contributed by atoms with Crippen molar-refractivity contribution in [2.24, 2.45) is 10.7 Å². The van der Waals surface area contributed by atoms with Crippen LogP contribution < -0.4 is 32.4 Å². The van der Waals surface area contributed by atoms with E-state index in [-0.39, 0.29) is 46.4 Å². The van der Waals surface area contributed by atoms with Gasteiger partial charge >= 0.3 is 0 Å². The summed E-state index contributed by atoms with van der Waals surface area (Å²) in [5.41, 5.74) is 10.3. The molecule has 0 aliphatic carbocycles. The van der Waals surface area contributed by atoms with Gasteiger partial charge in [-0.1, -0.05) is 0 Å². The number of aromatic nitrogens is 2. The Kier molecular flexibility index (Phi) is 5.16. The molecule has 0 atom stereocenters. The summed E-state index contributed by atoms with van der Waals surface area (Å²) in [4.78, 5) is 26.4. The van der Waals surface area contributed by atoms with Gasteiger partial charge in [-0.05, 0) is 44.4 Å². The molecular formula is C15H12BrFN6O4. The molecule has 0 fully saturated rings. The second-order valence-electron chi connectivity index (χ2n) is 5.24. The first kappa shape index (κ1) is 18.5. The van der Waals surface area contributed by atoms with E-state index < -0.39 is 16.7 Å². The Labute approximate surface area is 158 Å². The normalized spacial score (nSPS) is 11.7. The number of halogens is 2. The second kappa shape index (κ2) is 7.53. The molecule has 0 aliphatic heterocycles. The molecule has 0 spiro atoms. The minimum Gasteiger partial charge on any atom is -0.472 e. The van der Waals surface area contributed by atoms with Crippen LogP contribution in [0.25, 0.3) is 0 Å². The van der Waals surface area contributed by atoms with Crippen molar-refractivity contribution in [1.29, 1.82) is 0 Å². The van der Waals surface area contributed by atoms with E-state index in [9.17, 15) is 14.0 Å². The molecule has 0 bridgehead atoms. The Morgan fingerprint density at radius 3 is 2.81 bits per heavy atom. The Bertz CT molecular complexity index is 1090. The average molecular weight is 439 g/mol. The van der Waals surface area contributed by atoms with Crippen molar-refractivity contribution < 1.29 is 13.8 Å². The molecule has 1 aromatic heterocycles. The van der Waals surface area contributed by atoms with E-state index in [1.807, 2.05) is 0 Å². The Morgan fingerprint density at radius 2 is 2.11 bits per heavy atom. The van der Waals surface area contributed by atoms with E-state index in [4.69, 9.17) is 16.2 Å². The number of benzene rings is 1. The van der Waals surface area contributed by atoms with Gasteiger partial charge < -0.3 is 21.5 Å². The van der Waals surface area contributed by atoms with Crippen LogP contribution in [0.5, 0.6) is 5.88 Å². The third-order valence-electron chi connectivity index (χ3n) is 3.44. The van der Waals surface area contributed by atoms with Gasteiger partial charge in [0.15, 0.2) is 5.84 Å². The molecule has 12 heteroatoms. The SMILES string of the molecule is NC(=Nc1ccc(F)c(Br)c1)c1nonc1OCCNc1c(N)c(=O)c1=O. The zero-order valence-electron chi connectivity index (χ0n) is 13.5. The smallest absolute Gasteiger partial charge is 0.287 e. The number of ether oxygens (including phenoxy) is 1. The van der Waals surface area contributed by atoms with E-state index in [0.29, 0.717) is 5.69 Å². The summed E-state index contributed by atoms with van der Waals surface area (Å²) in [5.74, 6) is -0.504. The van der Waals surface area contributed by atoms with E-state index in [2.05, 4.69) is 41.2 Å². The van der Waals surface area contributed by atoms with Crippen LogP contribution in [0.15, 0.2) is 41.9 Å². The molecule has 0 saturated heterocycles. The zero-order valence-corrected chi connectivity index (χ0v) is 15.1. The topological polar surface area (TPSA) is 159 Å². The van der Waals surface area contributed by atoms with E-state index >= 15 is 0 Å². The second-order valence-corrected chi connectivity index (χ2v) is 6.09. The van der Waals surface area contributed by atoms with Crippen LogP contribution in [0, 0.1) is 5.82 Å². The molecule has 140 valence electrons. The van der Waals surface area contributed by atoms with Gasteiger partial charge in [0.05, 0.1) is 10.2 Å². The highest BCUT2D eigenvalue weighted by Gasteiger charge is 2.18. The predicted octanol–water partition coefficient (Wildman–Crippen LogP) is 0.677. The van der Waals surface area contributed by atoms with Gasteiger partial charge in [-0.3, -0.25) is 9.59 Å². The first-order valence-corrected chi connectivity index (χ1v) is 8.25. The summed E-state index contributed by atoms with van der Waals surface area (Å²) in [6.07, 6.45) is 0. The van der Waals surface area contributed by atoms with Crippen LogP contribution in [0.3, 0.4) is 0 Å². The fourth-order valence-corrected chi connectivity index (χ4v) is 2.45. The quantitative estimate of drug-likeness (QED) is 0.208. The predicted molar refractivity (Wildman–Crippen MR) is 98.5 cm³/mol. The number of anilines is 2. The number of rotatable bonds is 7. The largest absolute Gasteiger partial charge is 0.472 e. The number of nitrogens with two attached hydrogens (primary N) is 2. The van der Waals surface area contributed by atoms with Crippen molar-refractivity contribution in [1.82, 2.24) is 10.3 Å². The summed E-state index contributed by atoms with van der Waals surface area (Å²) < 4.78 is 23.5. The van der Waals surface area contributed by atoms with Crippen LogP contribution in [0.4, 0.5) is 21.5 Å². The fraction of sp³-hybridized carbons (Fsp3) is 0.133. The molecule has 0 unspecified atom stereocenters. The lowest BCUT2D eigenvalue weighted by atomic mass is 10.2. The Balaban J connectivity index is 1.63. The van der Waals surface area contributed by atoms with Crippen molar-refractivity contribution >= 4 is 38.8 Å². The third-order valence-corrected chi connectivity index (χ3v) is 4.05. The van der Waals surface area contributed by atoms with E-state index in [1.54, 1.807) is 0 Å². The van der Waals surface area contributed by atoms with Crippen molar-refractivity contribution in [3.8, 4) is 5.88 Å². The standard InChI is InChI=1S/C15H12BrFN6O4/c16-7-5-6(1-2-8(7)17)21-14(19)11-15(23-27-22-11)26-4-3-20-10-9(18)12(24)13(10)25/h1-2,5,20H,3-4,18H2,(H2,19,21). The lowest BCUT2D eigenvalue weighted by Crippen LogP contribution is -2.37. The number of nitrogen functional groups attached to an aromatic ring is 1. The van der Waals surface area contributed by atoms with Gasteiger partial charge in [0.25, 0.3) is 16.7 Å². The number of nitrogens with zero attached hydrogens (tertiary/aromatic N) is 3. The van der Waals surface area contributed by atoms with Gasteiger partial charge in [-0.25, -0.2) is 14.0 Å². The third kappa shape index (κ3) is 3.79. The zero-order chi connectivity index (χ0) is 19.6. The van der Waals surface area contributed by atoms with Gasteiger partial charge in [0.1, 0.15) is 23.8 Å². The summed E-state index contributed by atoms with van der Waals surface area (Å²) >= 11 is 3.05. The molecule has 3 aromatic rings. The van der Waals surface area contributed by atoms with Crippen molar-refractivity contribution in [3.05, 3.63) is 54.6 Å². The minimum atomic E-state index is -0.710. The number of nitrogens with one attached hydrogen (secondary N) is 1. The first-order chi connectivity index (χ1) is 12.9. The molecule has 0 amide bonds. The van der Waals surface area contributed by atoms with Crippen LogP contribution in [0.2, 0.25) is 0 Å². The highest BCUT2D eigenvalue weighted by Crippen LogP contribution is 2.23. The summed E-state index contributed by atoms with van der Waals surface area (Å²) in [7, 11) is 0. The van der Waals surface area contributed by atoms with Crippen LogP contribution in [-0.2, 0) is 0 Å². The van der Waals surface area contributed by atoms with E-state index in [1.165, 1.54) is 18.2 Å². The van der Waals surface area contributed by atoms with Gasteiger partial charge in [-0.2, -0.15) is 0 Å². The molecule has 0 saturated carbocycles. The van der Waals surface area contributed by atoms with Crippen LogP contribution in [-0.4, -0.2) is 29.3 Å². The lowest BCUT2D eigenvalue weighted by molar-refractivity contribution is 0.261. The van der Waals surface area contributed by atoms with Gasteiger partial charge in [0, 0.05) is 6.54 Å². The monoisotopic (exact) mass is 438 g/mol. The highest BCUT2D eigenvalue weighted by atomic mass is 79.9. The van der Waals surface area contributed by atoms with Gasteiger partial charge in [-0.15, -0.1) is 0 Å². The maximum Gasteiger partial charge on any atom is 0.287 e. The summed E-state index contributed by atoms with van der Waals surface area (Å²) in [6, 6.07) is 4.10. The number of hydrogen-bond acceptors (Lipinski definition) is 9. The van der Waals surface area contributed by atoms with Crippen molar-refractivity contribution in [2.45, 2.75) is 0 Å². The Hall–Kier alpha value is -3.28. The van der Waals surface area contributed by atoms with Crippen LogP contribution >= 0.6 is 15.9 Å². The molecule has 0 radical (unpaired) electrons. The molecule has 1 heterocycles. The van der Waals surface area contributed by atoms with E-state index in [0.717, 1.165) is 0 Å². The lowest BCUT2D eigenvalue weighted by Gasteiger charge is -2.09. The molecular weight excluding hydrogens is 427 g/mol. The first-order valence-electron chi connectivity index (χ1n) is 7.46. The Morgan fingerprint density at radius 1 is 1.33 bits per heavy atom. The van der Waals surface area contributed by atoms with Gasteiger partial charge in [0.2, 0.25) is 5.69 Å². The summed E-state index contributed by atoms with van der Waals surface area (Å²) in [6.45, 7) is 0.220. The maximum atomic E-state index is 13.3. The highest BCUT2D eigenvalue weighted by molar-refractivity contribution is 9.10. The molecule has 0 aliphatic rings. The molecule has 3 rings (SSSR count). The minimum absolute atomic E-state index is 0.0165. The maximum absolute atomic E-state index is 13.3. The fourth-order valence-electron chi connectivity index (χ4n) is 2.09. The molecule has 27 heavy (non-hydrogen) atoms. The van der Waals surface area contributed by atoms with Crippen LogP contribution in [0.1, 0.15) is 5.69 Å². The summed E-state index contributed by atoms with van der Waals surface area (Å²) in [5, 5.41) is 9.90. The van der Waals surface area contributed by atoms with Crippen molar-refractivity contribution in [3.63, 3.8) is 0 Å². The molecule has 5 N–H and O–H groups in total. The number of amidine groups is 1. The number of aliphatic imine (C=N–C) groups is 1.